The molecule has 0 amide bonds. The summed E-state index contributed by atoms with van der Waals surface area (Å²) in [6, 6.07) is 13.5. The molecule has 0 radical (unpaired) electrons. The molecule has 2 aromatic rings. The summed E-state index contributed by atoms with van der Waals surface area (Å²) in [5.74, 6) is 1.19. The van der Waals surface area contributed by atoms with E-state index in [-0.39, 0.29) is 11.7 Å². The Morgan fingerprint density at radius 2 is 1.82 bits per heavy atom. The van der Waals surface area contributed by atoms with Gasteiger partial charge in [-0.3, -0.25) is 4.79 Å². The van der Waals surface area contributed by atoms with Gasteiger partial charge in [0.1, 0.15) is 5.75 Å². The highest BCUT2D eigenvalue weighted by molar-refractivity contribution is 5.98. The molecule has 0 aliphatic heterocycles. The second kappa shape index (κ2) is 6.14. The van der Waals surface area contributed by atoms with E-state index in [9.17, 15) is 4.79 Å². The van der Waals surface area contributed by atoms with Crippen molar-refractivity contribution in [3.05, 3.63) is 53.6 Å². The van der Waals surface area contributed by atoms with E-state index in [4.69, 9.17) is 10.1 Å². The van der Waals surface area contributed by atoms with Gasteiger partial charge in [-0.15, -0.1) is 0 Å². The minimum Gasteiger partial charge on any atom is -0.496 e. The number of ether oxygens (including phenoxy) is 1. The van der Waals surface area contributed by atoms with E-state index in [2.05, 4.69) is 0 Å². The number of benzene rings is 2. The van der Waals surface area contributed by atoms with Crippen molar-refractivity contribution in [2.45, 2.75) is 19.3 Å². The molecular weight excluding hydrogens is 274 g/mol. The average Bonchev–Trinajstić information content (AvgIpc) is 2.52. The summed E-state index contributed by atoms with van der Waals surface area (Å²) < 4.78 is 5.23. The SMILES string of the molecule is COc1ccc(-c2ccc(C(=O)C3CCC3)cc2)cc1C=N. The van der Waals surface area contributed by atoms with Crippen LogP contribution >= 0.6 is 0 Å². The number of hydrogen-bond donors (Lipinski definition) is 1. The predicted octanol–water partition coefficient (Wildman–Crippen LogP) is 4.34. The van der Waals surface area contributed by atoms with Crippen LogP contribution in [0.25, 0.3) is 11.1 Å². The zero-order chi connectivity index (χ0) is 15.5. The molecule has 1 saturated carbocycles. The van der Waals surface area contributed by atoms with E-state index < -0.39 is 0 Å². The molecule has 112 valence electrons. The fourth-order valence-electron chi connectivity index (χ4n) is 2.76. The summed E-state index contributed by atoms with van der Waals surface area (Å²) in [5, 5.41) is 7.46. The number of carbonyl (C=O) groups excluding carboxylic acids is 1. The van der Waals surface area contributed by atoms with Crippen LogP contribution in [0, 0.1) is 11.3 Å². The van der Waals surface area contributed by atoms with Crippen LogP contribution in [0.1, 0.15) is 35.2 Å². The largest absolute Gasteiger partial charge is 0.496 e. The highest BCUT2D eigenvalue weighted by Gasteiger charge is 2.25. The summed E-state index contributed by atoms with van der Waals surface area (Å²) in [4.78, 5) is 12.2. The lowest BCUT2D eigenvalue weighted by molar-refractivity contribution is 0.0855. The lowest BCUT2D eigenvalue weighted by Crippen LogP contribution is -2.21. The molecule has 0 unspecified atom stereocenters. The van der Waals surface area contributed by atoms with E-state index in [0.29, 0.717) is 5.75 Å². The number of rotatable bonds is 5. The van der Waals surface area contributed by atoms with Gasteiger partial charge < -0.3 is 10.1 Å². The van der Waals surface area contributed by atoms with Crippen molar-refractivity contribution in [2.75, 3.05) is 7.11 Å². The first-order chi connectivity index (χ1) is 10.7. The summed E-state index contributed by atoms with van der Waals surface area (Å²) in [5.41, 5.74) is 3.60. The molecule has 0 aromatic heterocycles. The van der Waals surface area contributed by atoms with Crippen molar-refractivity contribution < 1.29 is 9.53 Å². The van der Waals surface area contributed by atoms with Gasteiger partial charge in [0.15, 0.2) is 5.78 Å². The lowest BCUT2D eigenvalue weighted by Gasteiger charge is -2.23. The maximum atomic E-state index is 12.2. The Balaban J connectivity index is 1.86. The van der Waals surface area contributed by atoms with Gasteiger partial charge in [0.05, 0.1) is 7.11 Å². The van der Waals surface area contributed by atoms with Crippen molar-refractivity contribution in [3.63, 3.8) is 0 Å². The Bertz CT molecular complexity index is 700. The van der Waals surface area contributed by atoms with Gasteiger partial charge in [0.25, 0.3) is 0 Å². The van der Waals surface area contributed by atoms with Gasteiger partial charge in [-0.1, -0.05) is 36.8 Å². The topological polar surface area (TPSA) is 50.2 Å². The molecule has 0 spiro atoms. The lowest BCUT2D eigenvalue weighted by atomic mass is 9.80. The van der Waals surface area contributed by atoms with Crippen LogP contribution < -0.4 is 4.74 Å². The summed E-state index contributed by atoms with van der Waals surface area (Å²) in [6.45, 7) is 0. The Labute approximate surface area is 130 Å². The van der Waals surface area contributed by atoms with Crippen LogP contribution in [0.15, 0.2) is 42.5 Å². The highest BCUT2D eigenvalue weighted by atomic mass is 16.5. The molecule has 0 heterocycles. The average molecular weight is 293 g/mol. The molecule has 22 heavy (non-hydrogen) atoms. The molecule has 3 nitrogen and oxygen atoms in total. The molecule has 1 aliphatic carbocycles. The number of hydrogen-bond acceptors (Lipinski definition) is 3. The van der Waals surface area contributed by atoms with E-state index in [1.165, 1.54) is 12.6 Å². The summed E-state index contributed by atoms with van der Waals surface area (Å²) in [7, 11) is 1.60. The third-order valence-electron chi connectivity index (χ3n) is 4.36. The Kier molecular flexibility index (Phi) is 4.05. The van der Waals surface area contributed by atoms with Gasteiger partial charge >= 0.3 is 0 Å². The zero-order valence-corrected chi connectivity index (χ0v) is 12.6. The minimum atomic E-state index is 0.233. The van der Waals surface area contributed by atoms with E-state index in [0.717, 1.165) is 35.1 Å². The van der Waals surface area contributed by atoms with Crippen LogP contribution in [-0.2, 0) is 0 Å². The number of nitrogens with one attached hydrogen (secondary N) is 1. The number of methoxy groups -OCH3 is 1. The van der Waals surface area contributed by atoms with Crippen LogP contribution in [-0.4, -0.2) is 19.1 Å². The third-order valence-corrected chi connectivity index (χ3v) is 4.36. The molecule has 1 N–H and O–H groups in total. The quantitative estimate of drug-likeness (QED) is 0.658. The summed E-state index contributed by atoms with van der Waals surface area (Å²) in [6.07, 6.45) is 4.52. The van der Waals surface area contributed by atoms with Crippen molar-refractivity contribution in [1.29, 1.82) is 5.41 Å². The Morgan fingerprint density at radius 3 is 2.36 bits per heavy atom. The molecule has 1 fully saturated rings. The fourth-order valence-corrected chi connectivity index (χ4v) is 2.76. The van der Waals surface area contributed by atoms with Crippen molar-refractivity contribution >= 4 is 12.0 Å². The van der Waals surface area contributed by atoms with Crippen LogP contribution in [0.3, 0.4) is 0 Å². The smallest absolute Gasteiger partial charge is 0.165 e. The van der Waals surface area contributed by atoms with Crippen molar-refractivity contribution in [1.82, 2.24) is 0 Å². The van der Waals surface area contributed by atoms with Crippen LogP contribution in [0.5, 0.6) is 5.75 Å². The van der Waals surface area contributed by atoms with Crippen molar-refractivity contribution in [2.24, 2.45) is 5.92 Å². The zero-order valence-electron chi connectivity index (χ0n) is 12.6. The monoisotopic (exact) mass is 293 g/mol. The maximum Gasteiger partial charge on any atom is 0.165 e. The molecule has 3 heteroatoms. The first-order valence-electron chi connectivity index (χ1n) is 7.56. The maximum absolute atomic E-state index is 12.2. The highest BCUT2D eigenvalue weighted by Crippen LogP contribution is 2.31. The van der Waals surface area contributed by atoms with Gasteiger partial charge in [-0.2, -0.15) is 0 Å². The number of Topliss-reactive ketones (excluding diaryl/α,β-unsaturated/α-hetero) is 1. The Hall–Kier alpha value is -2.42. The summed E-state index contributed by atoms with van der Waals surface area (Å²) >= 11 is 0. The second-order valence-electron chi connectivity index (χ2n) is 5.67. The van der Waals surface area contributed by atoms with Gasteiger partial charge in [-0.05, 0) is 36.1 Å². The fraction of sp³-hybridized carbons (Fsp3) is 0.263. The van der Waals surface area contributed by atoms with Gasteiger partial charge in [0.2, 0.25) is 0 Å². The standard InChI is InChI=1S/C19H19NO2/c1-22-18-10-9-16(11-17(18)12-20)13-5-7-15(8-6-13)19(21)14-3-2-4-14/h5-12,14,20H,2-4H2,1H3. The number of carbonyl (C=O) groups is 1. The molecule has 0 bridgehead atoms. The Morgan fingerprint density at radius 1 is 1.14 bits per heavy atom. The second-order valence-corrected chi connectivity index (χ2v) is 5.67. The number of ketones is 1. The van der Waals surface area contributed by atoms with Gasteiger partial charge in [0, 0.05) is 23.3 Å². The van der Waals surface area contributed by atoms with Crippen LogP contribution in [0.4, 0.5) is 0 Å². The van der Waals surface area contributed by atoms with E-state index in [1.54, 1.807) is 7.11 Å². The van der Waals surface area contributed by atoms with Crippen molar-refractivity contribution in [3.8, 4) is 16.9 Å². The normalized spacial score (nSPS) is 14.2. The minimum absolute atomic E-state index is 0.233. The molecule has 0 atom stereocenters. The molecule has 2 aromatic carbocycles. The first kappa shape index (κ1) is 14.5. The van der Waals surface area contributed by atoms with Crippen LogP contribution in [0.2, 0.25) is 0 Å². The molecular formula is C19H19NO2. The molecule has 1 aliphatic rings. The molecule has 0 saturated heterocycles. The predicted molar refractivity (Wildman–Crippen MR) is 88.0 cm³/mol. The van der Waals surface area contributed by atoms with E-state index >= 15 is 0 Å². The molecule has 3 rings (SSSR count). The van der Waals surface area contributed by atoms with E-state index in [1.807, 2.05) is 42.5 Å². The first-order valence-corrected chi connectivity index (χ1v) is 7.56. The van der Waals surface area contributed by atoms with Gasteiger partial charge in [-0.25, -0.2) is 0 Å². The third kappa shape index (κ3) is 2.67.